The maximum absolute atomic E-state index is 15.7. The highest BCUT2D eigenvalue weighted by Gasteiger charge is 2.65. The molecule has 4 aromatic carbocycles. The first kappa shape index (κ1) is 36.3. The van der Waals surface area contributed by atoms with E-state index in [0.717, 1.165) is 0 Å². The molecule has 0 aliphatic heterocycles. The van der Waals surface area contributed by atoms with Gasteiger partial charge in [-0.05, 0) is 0 Å². The lowest BCUT2D eigenvalue weighted by Crippen LogP contribution is -2.63. The van der Waals surface area contributed by atoms with Crippen molar-refractivity contribution in [3.63, 3.8) is 0 Å². The zero-order valence-electron chi connectivity index (χ0n) is 22.5. The number of hydrogen-bond donors (Lipinski definition) is 0. The molecule has 0 fully saturated rings. The zero-order valence-corrected chi connectivity index (χ0v) is 22.5. The molecule has 0 aliphatic rings. The Bertz CT molecular complexity index is 1790. The molecule has 1 nitrogen and oxygen atoms in total. The van der Waals surface area contributed by atoms with Crippen LogP contribution in [-0.2, 0) is 5.54 Å². The van der Waals surface area contributed by atoms with Gasteiger partial charge < -0.3 is 0 Å². The molecular formula is C27H6F20N+. The lowest BCUT2D eigenvalue weighted by Gasteiger charge is -2.49. The fourth-order valence-corrected chi connectivity index (χ4v) is 5.23. The normalized spacial score (nSPS) is 12.4. The van der Waals surface area contributed by atoms with Crippen LogP contribution in [0.5, 0.6) is 0 Å². The molecule has 0 aliphatic carbocycles. The Morgan fingerprint density at radius 3 is 0.583 bits per heavy atom. The molecular weight excluding hydrogens is 718 g/mol. The van der Waals surface area contributed by atoms with Gasteiger partial charge in [-0.15, -0.1) is 0 Å². The van der Waals surface area contributed by atoms with Crippen LogP contribution in [0.4, 0.5) is 93.5 Å². The van der Waals surface area contributed by atoms with Crippen LogP contribution in [0.2, 0.25) is 0 Å². The highest BCUT2D eigenvalue weighted by molar-refractivity contribution is 5.62. The minimum atomic E-state index is -5.69. The van der Waals surface area contributed by atoms with E-state index >= 15 is 35.1 Å². The van der Waals surface area contributed by atoms with Crippen LogP contribution in [0, 0.1) is 116 Å². The van der Waals surface area contributed by atoms with Crippen LogP contribution in [0.25, 0.3) is 0 Å². The van der Waals surface area contributed by atoms with Crippen LogP contribution in [0.15, 0.2) is 0 Å². The molecule has 0 heterocycles. The van der Waals surface area contributed by atoms with Crippen molar-refractivity contribution in [2.24, 2.45) is 0 Å². The summed E-state index contributed by atoms with van der Waals surface area (Å²) in [6, 6.07) is 0. The first-order valence-electron chi connectivity index (χ1n) is 11.9. The van der Waals surface area contributed by atoms with Gasteiger partial charge in [0.25, 0.3) is 0 Å². The maximum atomic E-state index is 15.7. The van der Waals surface area contributed by atoms with Crippen molar-refractivity contribution >= 4 is 5.69 Å². The second kappa shape index (κ2) is 11.5. The quantitative estimate of drug-likeness (QED) is 0.0634. The third-order valence-corrected chi connectivity index (χ3v) is 7.30. The zero-order chi connectivity index (χ0) is 36.9. The van der Waals surface area contributed by atoms with Crippen LogP contribution < -0.4 is 4.48 Å². The molecule has 0 atom stereocenters. The predicted molar refractivity (Wildman–Crippen MR) is 118 cm³/mol. The van der Waals surface area contributed by atoms with Gasteiger partial charge in [0.2, 0.25) is 52.2 Å². The van der Waals surface area contributed by atoms with E-state index in [1.165, 1.54) is 0 Å². The highest BCUT2D eigenvalue weighted by atomic mass is 19.2. The van der Waals surface area contributed by atoms with Crippen molar-refractivity contribution in [1.82, 2.24) is 4.48 Å². The molecule has 0 N–H and O–H groups in total. The molecule has 0 spiro atoms. The van der Waals surface area contributed by atoms with Gasteiger partial charge in [0, 0.05) is 0 Å². The number of rotatable bonds is 5. The third-order valence-electron chi connectivity index (χ3n) is 7.30. The molecule has 0 bridgehead atoms. The van der Waals surface area contributed by atoms with Gasteiger partial charge in [0.15, 0.2) is 75.3 Å². The van der Waals surface area contributed by atoms with Gasteiger partial charge in [-0.2, -0.15) is 8.78 Å². The van der Waals surface area contributed by atoms with Crippen LogP contribution in [0.1, 0.15) is 16.7 Å². The van der Waals surface area contributed by atoms with E-state index in [-0.39, 0.29) is 0 Å². The van der Waals surface area contributed by atoms with Gasteiger partial charge in [-0.3, -0.25) is 4.48 Å². The molecule has 0 amide bonds. The Balaban J connectivity index is 2.67. The smallest absolute Gasteiger partial charge is 0.225 e. The van der Waals surface area contributed by atoms with Gasteiger partial charge in [0.05, 0.1) is 14.1 Å². The van der Waals surface area contributed by atoms with Crippen LogP contribution in [0.3, 0.4) is 0 Å². The molecule has 4 rings (SSSR count). The number of quaternary nitrogens is 1. The van der Waals surface area contributed by atoms with Crippen LogP contribution >= 0.6 is 0 Å². The van der Waals surface area contributed by atoms with E-state index in [9.17, 15) is 52.7 Å². The molecule has 21 heteroatoms. The maximum Gasteiger partial charge on any atom is 0.225 e. The number of nitrogens with zero attached hydrogens (tertiary/aromatic N) is 1. The standard InChI is InChI=1S/C27H6F20N/c1-48(2,26-24(46)22(44)21(43)23(45)25(26)47)27(3-6(28)12(34)18(40)13(35)7(3)29,4-8(30)14(36)19(41)15(37)9(4)31)5-10(32)16(38)20(42)17(39)11(5)33/h1-2H3/q+1. The van der Waals surface area contributed by atoms with Crippen molar-refractivity contribution < 1.29 is 87.8 Å². The van der Waals surface area contributed by atoms with E-state index in [2.05, 4.69) is 0 Å². The number of halogens is 20. The van der Waals surface area contributed by atoms with E-state index < -0.39 is 163 Å². The molecule has 0 saturated carbocycles. The highest BCUT2D eigenvalue weighted by Crippen LogP contribution is 2.55. The molecule has 48 heavy (non-hydrogen) atoms. The van der Waals surface area contributed by atoms with E-state index in [1.54, 1.807) is 0 Å². The fourth-order valence-electron chi connectivity index (χ4n) is 5.23. The van der Waals surface area contributed by atoms with Crippen molar-refractivity contribution in [2.75, 3.05) is 14.1 Å². The summed E-state index contributed by atoms with van der Waals surface area (Å²) in [6.45, 7) is 0. The SMILES string of the molecule is C[N+](C)(c1c(F)c(F)c(F)c(F)c1F)C(c1c(F)c(F)c(F)c(F)c1F)(c1c(F)c(F)c(F)c(F)c1F)c1c(F)c(F)c(F)c(F)c1F. The van der Waals surface area contributed by atoms with Gasteiger partial charge in [-0.1, -0.05) is 0 Å². The molecule has 0 unspecified atom stereocenters. The van der Waals surface area contributed by atoms with E-state index in [1.807, 2.05) is 0 Å². The third kappa shape index (κ3) is 4.38. The minimum Gasteiger partial charge on any atom is -0.274 e. The summed E-state index contributed by atoms with van der Waals surface area (Å²) in [5.41, 5.74) is -18.8. The Hall–Kier alpha value is -4.56. The average Bonchev–Trinajstić information content (AvgIpc) is 3.04. The number of hydrogen-bond acceptors (Lipinski definition) is 0. The van der Waals surface area contributed by atoms with Crippen molar-refractivity contribution in [1.29, 1.82) is 0 Å². The van der Waals surface area contributed by atoms with Crippen LogP contribution in [-0.4, -0.2) is 14.1 Å². The van der Waals surface area contributed by atoms with E-state index in [4.69, 9.17) is 0 Å². The fraction of sp³-hybridized carbons (Fsp3) is 0.111. The van der Waals surface area contributed by atoms with Crippen molar-refractivity contribution in [3.05, 3.63) is 133 Å². The first-order valence-corrected chi connectivity index (χ1v) is 11.9. The monoisotopic (exact) mass is 724 g/mol. The van der Waals surface area contributed by atoms with Gasteiger partial charge >= 0.3 is 0 Å². The summed E-state index contributed by atoms with van der Waals surface area (Å²) < 4.78 is 294. The van der Waals surface area contributed by atoms with E-state index in [0.29, 0.717) is 0 Å². The molecule has 0 aromatic heterocycles. The lowest BCUT2D eigenvalue weighted by atomic mass is 9.71. The topological polar surface area (TPSA) is 0 Å². The summed E-state index contributed by atoms with van der Waals surface area (Å²) in [6.07, 6.45) is 0. The number of benzene rings is 4. The predicted octanol–water partition coefficient (Wildman–Crippen LogP) is 9.03. The first-order chi connectivity index (χ1) is 22.0. The lowest BCUT2D eigenvalue weighted by molar-refractivity contribution is 0.177. The summed E-state index contributed by atoms with van der Waals surface area (Å²) in [5, 5.41) is 0. The Morgan fingerprint density at radius 1 is 0.250 bits per heavy atom. The van der Waals surface area contributed by atoms with Crippen molar-refractivity contribution in [2.45, 2.75) is 5.54 Å². The second-order valence-corrected chi connectivity index (χ2v) is 9.92. The molecule has 258 valence electrons. The Kier molecular flexibility index (Phi) is 8.73. The van der Waals surface area contributed by atoms with Gasteiger partial charge in [0.1, 0.15) is 16.7 Å². The minimum absolute atomic E-state index is 0.410. The summed E-state index contributed by atoms with van der Waals surface area (Å²) >= 11 is 0. The summed E-state index contributed by atoms with van der Waals surface area (Å²) in [5.74, 6) is -68.1. The summed E-state index contributed by atoms with van der Waals surface area (Å²) in [7, 11) is -0.821. The van der Waals surface area contributed by atoms with Crippen molar-refractivity contribution in [3.8, 4) is 0 Å². The average molecular weight is 724 g/mol. The molecule has 4 aromatic rings. The second-order valence-electron chi connectivity index (χ2n) is 9.92. The molecule has 0 radical (unpaired) electrons. The molecule has 0 saturated heterocycles. The largest absolute Gasteiger partial charge is 0.274 e. The summed E-state index contributed by atoms with van der Waals surface area (Å²) in [4.78, 5) is 0. The van der Waals surface area contributed by atoms with Gasteiger partial charge in [-0.25, -0.2) is 79.0 Å². The Labute approximate surface area is 251 Å². The Morgan fingerprint density at radius 2 is 0.396 bits per heavy atom.